The molecule has 4 atom stereocenters. The van der Waals surface area contributed by atoms with Gasteiger partial charge >= 0.3 is 5.97 Å². The van der Waals surface area contributed by atoms with Gasteiger partial charge in [0, 0.05) is 6.61 Å². The zero-order valence-corrected chi connectivity index (χ0v) is 21.2. The summed E-state index contributed by atoms with van der Waals surface area (Å²) in [6.45, 7) is -0.124. The van der Waals surface area contributed by atoms with Crippen molar-refractivity contribution >= 4 is 29.5 Å². The molecule has 0 spiro atoms. The number of rotatable bonds is 11. The van der Waals surface area contributed by atoms with Crippen molar-refractivity contribution in [3.05, 3.63) is 76.7 Å². The van der Waals surface area contributed by atoms with Crippen LogP contribution in [-0.2, 0) is 32.1 Å². The monoisotopic (exact) mass is 526 g/mol. The molecule has 2 aromatic rings. The Morgan fingerprint density at radius 2 is 1.84 bits per heavy atom. The average Bonchev–Trinajstić information content (AvgIpc) is 2.93. The van der Waals surface area contributed by atoms with Crippen LogP contribution in [0.4, 0.5) is 0 Å². The Bertz CT molecular complexity index is 1140. The lowest BCUT2D eigenvalue weighted by Gasteiger charge is -2.52. The third kappa shape index (κ3) is 6.15. The predicted molar refractivity (Wildman–Crippen MR) is 137 cm³/mol. The first kappa shape index (κ1) is 26.7. The van der Waals surface area contributed by atoms with Crippen LogP contribution in [0, 0.1) is 0 Å². The number of hydrogen-bond acceptors (Lipinski definition) is 8. The van der Waals surface area contributed by atoms with Crippen LogP contribution in [0.2, 0.25) is 0 Å². The van der Waals surface area contributed by atoms with E-state index in [9.17, 15) is 19.5 Å². The summed E-state index contributed by atoms with van der Waals surface area (Å²) in [4.78, 5) is 40.3. The zero-order valence-electron chi connectivity index (χ0n) is 20.4. The summed E-state index contributed by atoms with van der Waals surface area (Å²) in [7, 11) is 1.56. The smallest absolute Gasteiger partial charge is 0.333 e. The fraction of sp³-hybridized carbons (Fsp3) is 0.370. The van der Waals surface area contributed by atoms with E-state index < -0.39 is 35.4 Å². The molecule has 2 aromatic carbocycles. The third-order valence-corrected chi connectivity index (χ3v) is 7.51. The Kier molecular flexibility index (Phi) is 8.86. The first-order valence-electron chi connectivity index (χ1n) is 12.0. The molecule has 37 heavy (non-hydrogen) atoms. The van der Waals surface area contributed by atoms with E-state index in [1.165, 1.54) is 16.7 Å². The summed E-state index contributed by atoms with van der Waals surface area (Å²) in [5.74, 6) is -0.699. The van der Waals surface area contributed by atoms with Crippen molar-refractivity contribution in [1.29, 1.82) is 0 Å². The van der Waals surface area contributed by atoms with Gasteiger partial charge in [0.15, 0.2) is 6.04 Å². The lowest BCUT2D eigenvalue weighted by Crippen LogP contribution is -2.74. The number of carbonyl (C=O) groups excluding carboxylic acids is 3. The summed E-state index contributed by atoms with van der Waals surface area (Å²) in [6, 6.07) is 14.3. The summed E-state index contributed by atoms with van der Waals surface area (Å²) < 4.78 is 10.7. The summed E-state index contributed by atoms with van der Waals surface area (Å²) >= 11 is 1.27. The molecule has 1 saturated heterocycles. The molecular weight excluding hydrogens is 496 g/mol. The Labute approximate surface area is 219 Å². The fourth-order valence-corrected chi connectivity index (χ4v) is 5.61. The summed E-state index contributed by atoms with van der Waals surface area (Å²) in [5.41, 5.74) is 1.91. The lowest BCUT2D eigenvalue weighted by molar-refractivity contribution is -0.164. The van der Waals surface area contributed by atoms with E-state index in [1.807, 2.05) is 30.3 Å². The minimum atomic E-state index is -1.12. The molecular formula is C27H30N2O7S. The van der Waals surface area contributed by atoms with Gasteiger partial charge < -0.3 is 29.9 Å². The molecule has 0 aliphatic carbocycles. The van der Waals surface area contributed by atoms with Gasteiger partial charge in [-0.15, -0.1) is 11.8 Å². The van der Waals surface area contributed by atoms with Crippen molar-refractivity contribution in [2.24, 2.45) is 0 Å². The Balaban J connectivity index is 1.46. The average molecular weight is 527 g/mol. The van der Waals surface area contributed by atoms with Crippen LogP contribution in [-0.4, -0.2) is 70.2 Å². The highest BCUT2D eigenvalue weighted by Crippen LogP contribution is 2.41. The Morgan fingerprint density at radius 1 is 1.11 bits per heavy atom. The third-order valence-electron chi connectivity index (χ3n) is 6.33. The van der Waals surface area contributed by atoms with Crippen LogP contribution in [0.5, 0.6) is 5.75 Å². The fourth-order valence-electron chi connectivity index (χ4n) is 4.33. The highest BCUT2D eigenvalue weighted by molar-refractivity contribution is 8.03. The highest BCUT2D eigenvalue weighted by atomic mass is 32.2. The van der Waals surface area contributed by atoms with Crippen LogP contribution in [0.15, 0.2) is 65.6 Å². The number of nitrogens with one attached hydrogen (secondary N) is 1. The Morgan fingerprint density at radius 3 is 2.51 bits per heavy atom. The van der Waals surface area contributed by atoms with Crippen molar-refractivity contribution in [1.82, 2.24) is 10.2 Å². The number of hydrogen-bond donors (Lipinski definition) is 3. The quantitative estimate of drug-likeness (QED) is 0.299. The summed E-state index contributed by atoms with van der Waals surface area (Å²) in [6.07, 6.45) is -0.323. The van der Waals surface area contributed by atoms with Gasteiger partial charge in [-0.05, 0) is 47.1 Å². The number of aliphatic hydroxyl groups excluding tert-OH is 2. The first-order valence-corrected chi connectivity index (χ1v) is 13.0. The molecule has 2 heterocycles. The molecule has 0 bridgehead atoms. The summed E-state index contributed by atoms with van der Waals surface area (Å²) in [5, 5.41) is 23.9. The van der Waals surface area contributed by atoms with E-state index in [1.54, 1.807) is 36.8 Å². The maximum atomic E-state index is 13.2. The number of benzene rings is 2. The van der Waals surface area contributed by atoms with Crippen molar-refractivity contribution < 1.29 is 34.1 Å². The number of fused-ring (bicyclic) bond motifs is 1. The second kappa shape index (κ2) is 12.3. The van der Waals surface area contributed by atoms with Gasteiger partial charge in [0.05, 0.1) is 19.6 Å². The number of thioether (sulfide) groups is 1. The minimum absolute atomic E-state index is 0.0174. The number of β-lactam (4-membered cyclic amide) rings is 1. The topological polar surface area (TPSA) is 125 Å². The maximum Gasteiger partial charge on any atom is 0.333 e. The molecule has 2 amide bonds. The molecule has 10 heteroatoms. The van der Waals surface area contributed by atoms with Gasteiger partial charge in [0.1, 0.15) is 23.8 Å². The molecule has 0 radical (unpaired) electrons. The molecule has 2 aliphatic rings. The molecule has 0 aromatic heterocycles. The van der Waals surface area contributed by atoms with Crippen molar-refractivity contribution in [3.63, 3.8) is 0 Å². The molecule has 2 aliphatic heterocycles. The zero-order chi connectivity index (χ0) is 26.4. The van der Waals surface area contributed by atoms with Crippen LogP contribution in [0.3, 0.4) is 0 Å². The van der Waals surface area contributed by atoms with E-state index in [0.29, 0.717) is 17.7 Å². The molecule has 196 valence electrons. The molecule has 1 fully saturated rings. The predicted octanol–water partition coefficient (Wildman–Crippen LogP) is 1.77. The van der Waals surface area contributed by atoms with Crippen LogP contribution < -0.4 is 10.1 Å². The van der Waals surface area contributed by atoms with Crippen LogP contribution in [0.1, 0.15) is 24.0 Å². The highest BCUT2D eigenvalue weighted by Gasteiger charge is 2.56. The van der Waals surface area contributed by atoms with E-state index in [4.69, 9.17) is 14.6 Å². The van der Waals surface area contributed by atoms with Crippen LogP contribution in [0.25, 0.3) is 0 Å². The van der Waals surface area contributed by atoms with Gasteiger partial charge in [-0.2, -0.15) is 0 Å². The molecule has 3 N–H and O–H groups in total. The number of ether oxygens (including phenoxy) is 2. The number of methoxy groups -OCH3 is 1. The minimum Gasteiger partial charge on any atom is -0.497 e. The van der Waals surface area contributed by atoms with Crippen molar-refractivity contribution in [2.75, 3.05) is 13.7 Å². The first-order chi connectivity index (χ1) is 17.9. The van der Waals surface area contributed by atoms with Gasteiger partial charge in [-0.25, -0.2) is 4.79 Å². The van der Waals surface area contributed by atoms with Gasteiger partial charge in [-0.3, -0.25) is 9.59 Å². The number of nitrogens with zero attached hydrogens (tertiary/aromatic N) is 1. The number of amides is 2. The largest absolute Gasteiger partial charge is 0.497 e. The molecule has 1 unspecified atom stereocenters. The molecule has 9 nitrogen and oxygen atoms in total. The number of aliphatic hydroxyl groups is 2. The molecule has 4 rings (SSSR count). The van der Waals surface area contributed by atoms with Gasteiger partial charge in [0.2, 0.25) is 11.8 Å². The van der Waals surface area contributed by atoms with Gasteiger partial charge in [0.25, 0.3) is 0 Å². The van der Waals surface area contributed by atoms with Crippen molar-refractivity contribution in [2.45, 2.75) is 49.4 Å². The lowest BCUT2D eigenvalue weighted by atomic mass is 9.93. The van der Waals surface area contributed by atoms with E-state index in [-0.39, 0.29) is 32.0 Å². The van der Waals surface area contributed by atoms with Gasteiger partial charge in [-0.1, -0.05) is 42.5 Å². The van der Waals surface area contributed by atoms with E-state index in [2.05, 4.69) is 5.32 Å². The standard InChI is InChI=1S/C27H30N2O7S/c1-35-19-11-9-18(10-12-19)15-36-27(34)24-20(21(31)8-5-13-30)16-37-26-23(25(33)29(24)26)28-22(32)14-17-6-3-2-4-7-17/h2-4,6-7,9-12,16,21,23-24,26,30-31H,5,8,13-15H2,1H3,(H,28,32)/t21?,23-,24-,26-/m1/s1. The second-order valence-electron chi connectivity index (χ2n) is 8.84. The van der Waals surface area contributed by atoms with Crippen molar-refractivity contribution in [3.8, 4) is 5.75 Å². The van der Waals surface area contributed by atoms with E-state index >= 15 is 0 Å². The second-order valence-corrected chi connectivity index (χ2v) is 9.83. The maximum absolute atomic E-state index is 13.2. The van der Waals surface area contributed by atoms with E-state index in [0.717, 1.165) is 11.1 Å². The SMILES string of the molecule is COc1ccc(COC(=O)[C@H]2C(C(O)CCCO)=CS[C@@H]3[C@H](NC(=O)Cc4ccccc4)C(=O)N23)cc1. The molecule has 0 saturated carbocycles. The Hall–Kier alpha value is -3.34. The normalized spacial score (nSPS) is 21.3. The number of carbonyl (C=O) groups is 3. The van der Waals surface area contributed by atoms with Crippen LogP contribution >= 0.6 is 11.8 Å². The number of esters is 1.